The van der Waals surface area contributed by atoms with Gasteiger partial charge >= 0.3 is 0 Å². The number of hydrogen-bond donors (Lipinski definition) is 2. The van der Waals surface area contributed by atoms with E-state index >= 15 is 0 Å². The summed E-state index contributed by atoms with van der Waals surface area (Å²) in [6, 6.07) is 37.2. The topological polar surface area (TPSA) is 98.2 Å². The lowest BCUT2D eigenvalue weighted by molar-refractivity contribution is 0.100. The van der Waals surface area contributed by atoms with E-state index in [1.54, 1.807) is 0 Å². The fourth-order valence-corrected chi connectivity index (χ4v) is 5.09. The van der Waals surface area contributed by atoms with Crippen molar-refractivity contribution >= 4 is 45.1 Å². The SMILES string of the molecule is NC(=O)c1c(Nc2ccccc2)nc2nc(-c3ccccc3)n3c4ccccc4nc3c2c1-c1ccccc1. The quantitative estimate of drug-likeness (QED) is 0.274. The van der Waals surface area contributed by atoms with Gasteiger partial charge in [0.25, 0.3) is 5.91 Å². The molecule has 7 nitrogen and oxygen atoms in total. The van der Waals surface area contributed by atoms with Gasteiger partial charge < -0.3 is 11.1 Å². The average Bonchev–Trinajstić information content (AvgIpc) is 3.37. The Morgan fingerprint density at radius 2 is 1.31 bits per heavy atom. The number of carbonyl (C=O) groups is 1. The first-order chi connectivity index (χ1) is 19.2. The van der Waals surface area contributed by atoms with Crippen LogP contribution in [-0.2, 0) is 0 Å². The van der Waals surface area contributed by atoms with Crippen LogP contribution in [0.2, 0.25) is 0 Å². The van der Waals surface area contributed by atoms with Crippen LogP contribution in [-0.4, -0.2) is 25.3 Å². The highest BCUT2D eigenvalue weighted by atomic mass is 16.1. The predicted molar refractivity (Wildman–Crippen MR) is 155 cm³/mol. The van der Waals surface area contributed by atoms with Crippen LogP contribution in [0.15, 0.2) is 115 Å². The van der Waals surface area contributed by atoms with Crippen molar-refractivity contribution < 1.29 is 4.79 Å². The minimum atomic E-state index is -0.594. The van der Waals surface area contributed by atoms with Crippen molar-refractivity contribution in [2.45, 2.75) is 0 Å². The summed E-state index contributed by atoms with van der Waals surface area (Å²) in [5.41, 5.74) is 12.3. The zero-order chi connectivity index (χ0) is 26.3. The lowest BCUT2D eigenvalue weighted by Gasteiger charge is -2.18. The van der Waals surface area contributed by atoms with Crippen molar-refractivity contribution in [2.75, 3.05) is 5.32 Å². The van der Waals surface area contributed by atoms with Crippen LogP contribution < -0.4 is 11.1 Å². The molecule has 7 aromatic rings. The Morgan fingerprint density at radius 1 is 0.692 bits per heavy atom. The number of imidazole rings is 1. The third kappa shape index (κ3) is 3.76. The number of nitrogens with one attached hydrogen (secondary N) is 1. The second-order valence-corrected chi connectivity index (χ2v) is 9.19. The van der Waals surface area contributed by atoms with Gasteiger partial charge in [0.2, 0.25) is 0 Å². The Kier molecular flexibility index (Phi) is 5.26. The van der Waals surface area contributed by atoms with Gasteiger partial charge in [-0.3, -0.25) is 9.20 Å². The van der Waals surface area contributed by atoms with Crippen molar-refractivity contribution in [1.82, 2.24) is 19.4 Å². The normalized spacial score (nSPS) is 11.3. The van der Waals surface area contributed by atoms with Crippen molar-refractivity contribution in [3.05, 3.63) is 121 Å². The van der Waals surface area contributed by atoms with Crippen LogP contribution in [0.5, 0.6) is 0 Å². The predicted octanol–water partition coefficient (Wildman–Crippen LogP) is 6.61. The van der Waals surface area contributed by atoms with Crippen molar-refractivity contribution in [3.63, 3.8) is 0 Å². The Morgan fingerprint density at radius 3 is 2.00 bits per heavy atom. The second-order valence-electron chi connectivity index (χ2n) is 9.19. The molecule has 3 N–H and O–H groups in total. The highest BCUT2D eigenvalue weighted by molar-refractivity contribution is 6.16. The Bertz CT molecular complexity index is 2000. The van der Waals surface area contributed by atoms with E-state index in [9.17, 15) is 4.79 Å². The molecule has 0 aliphatic rings. The molecule has 0 spiro atoms. The van der Waals surface area contributed by atoms with Gasteiger partial charge in [-0.15, -0.1) is 0 Å². The third-order valence-corrected chi connectivity index (χ3v) is 6.76. The molecule has 0 bridgehead atoms. The molecule has 0 atom stereocenters. The minimum absolute atomic E-state index is 0.278. The lowest BCUT2D eigenvalue weighted by Crippen LogP contribution is -2.17. The van der Waals surface area contributed by atoms with E-state index in [4.69, 9.17) is 20.7 Å². The highest BCUT2D eigenvalue weighted by Crippen LogP contribution is 2.39. The number of aromatic nitrogens is 4. The van der Waals surface area contributed by atoms with E-state index in [1.807, 2.05) is 120 Å². The molecule has 3 heterocycles. The van der Waals surface area contributed by atoms with E-state index in [1.165, 1.54) is 0 Å². The summed E-state index contributed by atoms with van der Waals surface area (Å²) >= 11 is 0. The highest BCUT2D eigenvalue weighted by Gasteiger charge is 2.26. The molecule has 0 radical (unpaired) electrons. The van der Waals surface area contributed by atoms with Crippen LogP contribution in [0.4, 0.5) is 11.5 Å². The van der Waals surface area contributed by atoms with Gasteiger partial charge in [0, 0.05) is 16.8 Å². The summed E-state index contributed by atoms with van der Waals surface area (Å²) in [4.78, 5) is 28.2. The molecule has 39 heavy (non-hydrogen) atoms. The standard InChI is InChI=1S/C32H22N6O/c33-28(39)26-25(20-12-4-1-5-13-20)27-30(36-29(26)34-22-16-8-3-9-17-22)37-31(21-14-6-2-7-15-21)38-24-19-11-10-18-23(24)35-32(27)38/h1-19H,(H2,33,39)(H,34,36). The summed E-state index contributed by atoms with van der Waals surface area (Å²) in [5, 5.41) is 3.97. The van der Waals surface area contributed by atoms with Gasteiger partial charge in [0.1, 0.15) is 11.6 Å². The number of benzene rings is 4. The fourth-order valence-electron chi connectivity index (χ4n) is 5.09. The van der Waals surface area contributed by atoms with E-state index in [2.05, 4.69) is 5.32 Å². The number of primary amides is 1. The summed E-state index contributed by atoms with van der Waals surface area (Å²) in [5.74, 6) is 0.450. The summed E-state index contributed by atoms with van der Waals surface area (Å²) in [7, 11) is 0. The van der Waals surface area contributed by atoms with Gasteiger partial charge in [-0.2, -0.15) is 0 Å². The molecule has 0 saturated carbocycles. The van der Waals surface area contributed by atoms with E-state index in [-0.39, 0.29) is 5.56 Å². The summed E-state index contributed by atoms with van der Waals surface area (Å²) in [6.45, 7) is 0. The minimum Gasteiger partial charge on any atom is -0.365 e. The molecule has 0 aliphatic carbocycles. The van der Waals surface area contributed by atoms with Gasteiger partial charge in [-0.1, -0.05) is 91.0 Å². The number of rotatable bonds is 5. The first-order valence-corrected chi connectivity index (χ1v) is 12.6. The number of amides is 1. The fraction of sp³-hybridized carbons (Fsp3) is 0. The number of fused-ring (bicyclic) bond motifs is 5. The van der Waals surface area contributed by atoms with Crippen LogP contribution >= 0.6 is 0 Å². The molecular formula is C32H22N6O. The van der Waals surface area contributed by atoms with Crippen molar-refractivity contribution in [1.29, 1.82) is 0 Å². The van der Waals surface area contributed by atoms with E-state index in [0.717, 1.165) is 27.8 Å². The van der Waals surface area contributed by atoms with Crippen LogP contribution in [0.25, 0.3) is 50.2 Å². The molecule has 7 rings (SSSR count). The molecule has 4 aromatic carbocycles. The number of pyridine rings is 1. The van der Waals surface area contributed by atoms with Gasteiger partial charge in [-0.05, 0) is 29.8 Å². The first-order valence-electron chi connectivity index (χ1n) is 12.6. The van der Waals surface area contributed by atoms with E-state index in [0.29, 0.717) is 33.9 Å². The Hall–Kier alpha value is -5.56. The number of para-hydroxylation sites is 3. The molecular weight excluding hydrogens is 484 g/mol. The Balaban J connectivity index is 1.69. The molecule has 0 saturated heterocycles. The number of nitrogens with two attached hydrogens (primary N) is 1. The maximum absolute atomic E-state index is 13.1. The molecule has 0 fully saturated rings. The van der Waals surface area contributed by atoms with E-state index < -0.39 is 5.91 Å². The smallest absolute Gasteiger partial charge is 0.253 e. The summed E-state index contributed by atoms with van der Waals surface area (Å²) in [6.07, 6.45) is 0. The zero-order valence-corrected chi connectivity index (χ0v) is 20.7. The molecule has 0 unspecified atom stereocenters. The zero-order valence-electron chi connectivity index (χ0n) is 20.7. The van der Waals surface area contributed by atoms with Gasteiger partial charge in [0.05, 0.1) is 22.0 Å². The van der Waals surface area contributed by atoms with Crippen LogP contribution in [0.3, 0.4) is 0 Å². The first kappa shape index (κ1) is 22.6. The number of nitrogens with zero attached hydrogens (tertiary/aromatic N) is 4. The molecule has 1 amide bonds. The lowest BCUT2D eigenvalue weighted by atomic mass is 9.96. The van der Waals surface area contributed by atoms with Gasteiger partial charge in [0.15, 0.2) is 11.3 Å². The number of hydrogen-bond acceptors (Lipinski definition) is 5. The largest absolute Gasteiger partial charge is 0.365 e. The van der Waals surface area contributed by atoms with Gasteiger partial charge in [-0.25, -0.2) is 15.0 Å². The monoisotopic (exact) mass is 506 g/mol. The van der Waals surface area contributed by atoms with Crippen molar-refractivity contribution in [2.24, 2.45) is 5.73 Å². The average molecular weight is 507 g/mol. The van der Waals surface area contributed by atoms with Crippen LogP contribution in [0, 0.1) is 0 Å². The maximum Gasteiger partial charge on any atom is 0.253 e. The van der Waals surface area contributed by atoms with Crippen molar-refractivity contribution in [3.8, 4) is 22.5 Å². The van der Waals surface area contributed by atoms with Crippen LogP contribution in [0.1, 0.15) is 10.4 Å². The maximum atomic E-state index is 13.1. The molecule has 3 aromatic heterocycles. The molecule has 7 heteroatoms. The number of anilines is 2. The molecule has 186 valence electrons. The second kappa shape index (κ2) is 9.08. The molecule has 0 aliphatic heterocycles. The third-order valence-electron chi connectivity index (χ3n) is 6.76. The summed E-state index contributed by atoms with van der Waals surface area (Å²) < 4.78 is 2.04. The Labute approximate surface area is 223 Å². The number of carbonyl (C=O) groups excluding carboxylic acids is 1.